The number of fused-ring (bicyclic) bond motifs is 1. The molecule has 5 aromatic carbocycles. The van der Waals surface area contributed by atoms with Gasteiger partial charge < -0.3 is 34.5 Å². The summed E-state index contributed by atoms with van der Waals surface area (Å²) in [7, 11) is 3.27. The number of aromatic nitrogens is 2. The summed E-state index contributed by atoms with van der Waals surface area (Å²) in [6.45, 7) is 11.5. The lowest BCUT2D eigenvalue weighted by Crippen LogP contribution is -2.55. The standard InChI is InChI=1S/C60H71BrCl2N8O6/c1-39(2)77-52-35-48(74-5)26-27-49(52)59-68-56(42-18-22-46(62)23-19-42)57(43-20-24-47(63)25-21-43)71(59)60(73)70-31-29-69(30-32-70)38-55(72)64-28-13-11-9-7-8-10-12-14-33-76-54-37-51-50(36-53(54)75-6)58(67-41(4)66-51)65-40(3)44-16-15-17-45(61)34-44/h15-27,34-37,39-40,56-57H,7-14,28-33,38H2,1-6H3,(H,64,72)(H,65,66,67)/t40-,56+,57-/m1/s1. The third kappa shape index (κ3) is 15.1. The topological polar surface area (TPSA) is 143 Å². The first kappa shape index (κ1) is 57.1. The van der Waals surface area contributed by atoms with E-state index in [0.717, 1.165) is 89.3 Å². The van der Waals surface area contributed by atoms with Gasteiger partial charge in [-0.3, -0.25) is 19.6 Å². The molecule has 0 bridgehead atoms. The first-order valence-corrected chi connectivity index (χ1v) is 28.4. The molecular weight excluding hydrogens is 1080 g/mol. The maximum absolute atomic E-state index is 15.1. The number of urea groups is 1. The molecule has 408 valence electrons. The summed E-state index contributed by atoms with van der Waals surface area (Å²) >= 11 is 16.3. The van der Waals surface area contributed by atoms with Gasteiger partial charge in [0.25, 0.3) is 0 Å². The highest BCUT2D eigenvalue weighted by Crippen LogP contribution is 2.46. The molecule has 0 unspecified atom stereocenters. The molecule has 0 radical (unpaired) electrons. The number of hydrogen-bond acceptors (Lipinski definition) is 11. The maximum Gasteiger partial charge on any atom is 0.326 e. The molecule has 2 N–H and O–H groups in total. The first-order chi connectivity index (χ1) is 37.3. The molecule has 1 fully saturated rings. The Kier molecular flexibility index (Phi) is 20.3. The Morgan fingerprint density at radius 2 is 1.42 bits per heavy atom. The maximum atomic E-state index is 15.1. The second-order valence-electron chi connectivity index (χ2n) is 20.0. The van der Waals surface area contributed by atoms with E-state index in [0.29, 0.717) is 89.6 Å². The van der Waals surface area contributed by atoms with E-state index in [2.05, 4.69) is 50.5 Å². The zero-order valence-electron chi connectivity index (χ0n) is 45.0. The van der Waals surface area contributed by atoms with Crippen LogP contribution in [0.2, 0.25) is 10.0 Å². The Morgan fingerprint density at radius 3 is 2.08 bits per heavy atom. The van der Waals surface area contributed by atoms with Crippen molar-refractivity contribution in [1.29, 1.82) is 0 Å². The quantitative estimate of drug-likeness (QED) is 0.0562. The Bertz CT molecular complexity index is 2970. The summed E-state index contributed by atoms with van der Waals surface area (Å²) in [5.74, 6) is 4.45. The molecule has 14 nitrogen and oxygen atoms in total. The Balaban J connectivity index is 0.764. The molecule has 17 heteroatoms. The van der Waals surface area contributed by atoms with Gasteiger partial charge in [0.2, 0.25) is 5.91 Å². The summed E-state index contributed by atoms with van der Waals surface area (Å²) in [6, 6.07) is 31.8. The van der Waals surface area contributed by atoms with Crippen molar-refractivity contribution in [3.05, 3.63) is 146 Å². The monoisotopic (exact) mass is 1150 g/mol. The van der Waals surface area contributed by atoms with E-state index in [1.807, 2.05) is 117 Å². The van der Waals surface area contributed by atoms with E-state index in [4.69, 9.17) is 57.1 Å². The highest BCUT2D eigenvalue weighted by atomic mass is 79.9. The summed E-state index contributed by atoms with van der Waals surface area (Å²) in [4.78, 5) is 48.8. The molecular formula is C60H71BrCl2N8O6. The molecule has 0 aliphatic carbocycles. The number of methoxy groups -OCH3 is 2. The predicted molar refractivity (Wildman–Crippen MR) is 311 cm³/mol. The van der Waals surface area contributed by atoms with Gasteiger partial charge in [0.1, 0.15) is 35.0 Å². The number of aryl methyl sites for hydroxylation is 1. The molecule has 8 rings (SSSR count). The summed E-state index contributed by atoms with van der Waals surface area (Å²) < 4.78 is 25.0. The van der Waals surface area contributed by atoms with E-state index in [1.54, 1.807) is 19.1 Å². The number of ether oxygens (including phenoxy) is 4. The Morgan fingerprint density at radius 1 is 0.740 bits per heavy atom. The predicted octanol–water partition coefficient (Wildman–Crippen LogP) is 13.6. The van der Waals surface area contributed by atoms with Crippen LogP contribution in [0, 0.1) is 6.92 Å². The molecule has 2 aliphatic rings. The number of nitrogens with one attached hydrogen (secondary N) is 2. The fraction of sp³-hybridized carbons (Fsp3) is 0.417. The van der Waals surface area contributed by atoms with Gasteiger partial charge in [0, 0.05) is 64.8 Å². The first-order valence-electron chi connectivity index (χ1n) is 26.8. The number of benzene rings is 5. The van der Waals surface area contributed by atoms with Crippen LogP contribution in [-0.4, -0.2) is 109 Å². The lowest BCUT2D eigenvalue weighted by atomic mass is 9.93. The van der Waals surface area contributed by atoms with Crippen LogP contribution < -0.4 is 29.6 Å². The van der Waals surface area contributed by atoms with Crippen LogP contribution in [0.25, 0.3) is 10.9 Å². The van der Waals surface area contributed by atoms with Gasteiger partial charge in [0.05, 0.1) is 56.6 Å². The highest BCUT2D eigenvalue weighted by molar-refractivity contribution is 9.10. The van der Waals surface area contributed by atoms with Crippen LogP contribution in [0.4, 0.5) is 10.6 Å². The van der Waals surface area contributed by atoms with Crippen LogP contribution in [0.15, 0.2) is 113 Å². The summed E-state index contributed by atoms with van der Waals surface area (Å²) in [5.41, 5.74) is 4.41. The van der Waals surface area contributed by atoms with E-state index in [1.165, 1.54) is 0 Å². The van der Waals surface area contributed by atoms with Gasteiger partial charge in [-0.25, -0.2) is 14.8 Å². The van der Waals surface area contributed by atoms with Gasteiger partial charge in [0.15, 0.2) is 11.5 Å². The molecule has 3 amide bonds. The number of carbonyl (C=O) groups is 2. The molecule has 1 aromatic heterocycles. The van der Waals surface area contributed by atoms with E-state index in [9.17, 15) is 4.79 Å². The number of carbonyl (C=O) groups excluding carboxylic acids is 2. The van der Waals surface area contributed by atoms with Crippen molar-refractivity contribution < 1.29 is 28.5 Å². The molecule has 0 saturated carbocycles. The molecule has 6 aromatic rings. The molecule has 3 atom stereocenters. The average Bonchev–Trinajstić information content (AvgIpc) is 3.91. The van der Waals surface area contributed by atoms with Crippen molar-refractivity contribution in [3.8, 4) is 23.0 Å². The van der Waals surface area contributed by atoms with Gasteiger partial charge in [-0.2, -0.15) is 0 Å². The van der Waals surface area contributed by atoms with Crippen LogP contribution in [0.3, 0.4) is 0 Å². The number of rotatable bonds is 24. The summed E-state index contributed by atoms with van der Waals surface area (Å²) in [5, 5.41) is 8.78. The van der Waals surface area contributed by atoms with Gasteiger partial charge in [-0.05, 0) is 112 Å². The van der Waals surface area contributed by atoms with Crippen LogP contribution in [0.1, 0.15) is 118 Å². The van der Waals surface area contributed by atoms with Gasteiger partial charge in [-0.15, -0.1) is 0 Å². The van der Waals surface area contributed by atoms with Crippen LogP contribution in [-0.2, 0) is 4.79 Å². The SMILES string of the molecule is COc1ccc(C2=N[C@@H](c3ccc(Cl)cc3)[C@@H](c3ccc(Cl)cc3)N2C(=O)N2CCN(CC(=O)NCCCCCCCCCCOc3cc4nc(C)nc(N[C@H](C)c5cccc(Br)c5)c4cc3OC)CC2)c(OC(C)C)c1. The second kappa shape index (κ2) is 27.5. The van der Waals surface area contributed by atoms with E-state index >= 15 is 4.79 Å². The molecule has 3 heterocycles. The second-order valence-corrected chi connectivity index (χ2v) is 21.8. The average molecular weight is 1150 g/mol. The number of anilines is 1. The fourth-order valence-electron chi connectivity index (χ4n) is 9.93. The normalized spacial score (nSPS) is 16.1. The number of halogens is 3. The van der Waals surface area contributed by atoms with Crippen molar-refractivity contribution in [2.45, 2.75) is 103 Å². The van der Waals surface area contributed by atoms with Crippen LogP contribution in [0.5, 0.6) is 23.0 Å². The van der Waals surface area contributed by atoms with Crippen molar-refractivity contribution in [2.75, 3.05) is 65.4 Å². The van der Waals surface area contributed by atoms with Crippen molar-refractivity contribution in [2.24, 2.45) is 4.99 Å². The lowest BCUT2D eigenvalue weighted by Gasteiger charge is -2.39. The molecule has 0 spiro atoms. The Hall–Kier alpha value is -6.13. The lowest BCUT2D eigenvalue weighted by molar-refractivity contribution is -0.122. The minimum atomic E-state index is -0.509. The smallest absolute Gasteiger partial charge is 0.326 e. The van der Waals surface area contributed by atoms with Gasteiger partial charge >= 0.3 is 6.03 Å². The van der Waals surface area contributed by atoms with Crippen molar-refractivity contribution in [3.63, 3.8) is 0 Å². The number of amidine groups is 1. The minimum Gasteiger partial charge on any atom is -0.497 e. The third-order valence-electron chi connectivity index (χ3n) is 13.9. The third-order valence-corrected chi connectivity index (χ3v) is 14.9. The Labute approximate surface area is 472 Å². The number of amides is 3. The zero-order chi connectivity index (χ0) is 54.4. The molecule has 77 heavy (non-hydrogen) atoms. The molecule has 2 aliphatic heterocycles. The number of hydrogen-bond donors (Lipinski definition) is 2. The number of nitrogens with zero attached hydrogens (tertiary/aromatic N) is 6. The summed E-state index contributed by atoms with van der Waals surface area (Å²) in [6.07, 6.45) is 8.47. The number of aliphatic imine (C=N–C) groups is 1. The van der Waals surface area contributed by atoms with E-state index in [-0.39, 0.29) is 30.6 Å². The van der Waals surface area contributed by atoms with Gasteiger partial charge in [-0.1, -0.05) is 114 Å². The highest BCUT2D eigenvalue weighted by Gasteiger charge is 2.45. The zero-order valence-corrected chi connectivity index (χ0v) is 48.1. The van der Waals surface area contributed by atoms with Crippen molar-refractivity contribution in [1.82, 2.24) is 30.0 Å². The largest absolute Gasteiger partial charge is 0.497 e. The number of piperazine rings is 1. The fourth-order valence-corrected chi connectivity index (χ4v) is 10.6. The minimum absolute atomic E-state index is 0.000302. The number of unbranched alkanes of at least 4 members (excludes halogenated alkanes) is 7. The van der Waals surface area contributed by atoms with Crippen molar-refractivity contribution >= 4 is 73.6 Å². The molecule has 1 saturated heterocycles. The van der Waals surface area contributed by atoms with E-state index < -0.39 is 12.1 Å². The van der Waals surface area contributed by atoms with Crippen LogP contribution >= 0.6 is 39.1 Å².